The molecular formula is C14H12ClF3N2O. The molecule has 0 aliphatic heterocycles. The summed E-state index contributed by atoms with van der Waals surface area (Å²) in [6.45, 7) is 1.82. The lowest BCUT2D eigenvalue weighted by Crippen LogP contribution is -2.10. The van der Waals surface area contributed by atoms with Crippen LogP contribution in [-0.4, -0.2) is 4.98 Å². The summed E-state index contributed by atoms with van der Waals surface area (Å²) >= 11 is 5.97. The Balaban J connectivity index is 2.44. The van der Waals surface area contributed by atoms with Crippen LogP contribution in [0.4, 0.5) is 13.2 Å². The molecule has 2 rings (SSSR count). The van der Waals surface area contributed by atoms with E-state index in [1.807, 2.05) is 6.92 Å². The highest BCUT2D eigenvalue weighted by molar-refractivity contribution is 6.32. The fraction of sp³-hybridized carbons (Fsp3) is 0.214. The number of nitrogens with zero attached hydrogens (tertiary/aromatic N) is 1. The number of benzene rings is 1. The Morgan fingerprint density at radius 2 is 1.95 bits per heavy atom. The van der Waals surface area contributed by atoms with Gasteiger partial charge in [-0.1, -0.05) is 23.7 Å². The van der Waals surface area contributed by atoms with Gasteiger partial charge in [0.25, 0.3) is 0 Å². The van der Waals surface area contributed by atoms with Gasteiger partial charge in [0.05, 0.1) is 5.02 Å². The summed E-state index contributed by atoms with van der Waals surface area (Å²) in [5.41, 5.74) is 5.67. The van der Waals surface area contributed by atoms with Crippen molar-refractivity contribution in [3.8, 4) is 11.6 Å². The van der Waals surface area contributed by atoms with Gasteiger partial charge in [0.15, 0.2) is 0 Å². The Kier molecular flexibility index (Phi) is 4.39. The molecule has 0 spiro atoms. The number of halogens is 4. The van der Waals surface area contributed by atoms with Gasteiger partial charge in [0.2, 0.25) is 5.88 Å². The van der Waals surface area contributed by atoms with Crippen LogP contribution in [0.5, 0.6) is 11.6 Å². The smallest absolute Gasteiger partial charge is 0.433 e. The maximum atomic E-state index is 12.7. The summed E-state index contributed by atoms with van der Waals surface area (Å²) in [4.78, 5) is 3.49. The SMILES string of the molecule is Cc1ccc(Cl)c(Oc2nc(C(F)(F)F)ccc2CN)c1. The van der Waals surface area contributed by atoms with Crippen molar-refractivity contribution in [3.05, 3.63) is 52.2 Å². The van der Waals surface area contributed by atoms with E-state index in [9.17, 15) is 13.2 Å². The normalized spacial score (nSPS) is 11.5. The molecule has 0 bridgehead atoms. The van der Waals surface area contributed by atoms with E-state index in [1.54, 1.807) is 18.2 Å². The van der Waals surface area contributed by atoms with Crippen LogP contribution < -0.4 is 10.5 Å². The number of aryl methyl sites for hydroxylation is 1. The van der Waals surface area contributed by atoms with E-state index >= 15 is 0 Å². The second-order valence-corrected chi connectivity index (χ2v) is 4.81. The van der Waals surface area contributed by atoms with Gasteiger partial charge < -0.3 is 10.5 Å². The molecule has 0 saturated heterocycles. The number of nitrogens with two attached hydrogens (primary N) is 1. The first-order chi connectivity index (χ1) is 9.81. The average molecular weight is 317 g/mol. The fourth-order valence-corrected chi connectivity index (χ4v) is 1.82. The first-order valence-corrected chi connectivity index (χ1v) is 6.40. The third-order valence-corrected chi connectivity index (χ3v) is 3.06. The Morgan fingerprint density at radius 3 is 2.57 bits per heavy atom. The van der Waals surface area contributed by atoms with Crippen molar-refractivity contribution in [1.29, 1.82) is 0 Å². The van der Waals surface area contributed by atoms with E-state index in [1.165, 1.54) is 6.07 Å². The number of ether oxygens (including phenoxy) is 1. The maximum Gasteiger partial charge on any atom is 0.433 e. The molecule has 1 heterocycles. The predicted octanol–water partition coefficient (Wildman–Crippen LogP) is 4.31. The number of hydrogen-bond donors (Lipinski definition) is 1. The summed E-state index contributed by atoms with van der Waals surface area (Å²) in [7, 11) is 0. The lowest BCUT2D eigenvalue weighted by molar-refractivity contribution is -0.141. The molecular weight excluding hydrogens is 305 g/mol. The van der Waals surface area contributed by atoms with Crippen molar-refractivity contribution >= 4 is 11.6 Å². The van der Waals surface area contributed by atoms with E-state index in [-0.39, 0.29) is 23.2 Å². The van der Waals surface area contributed by atoms with Gasteiger partial charge >= 0.3 is 6.18 Å². The van der Waals surface area contributed by atoms with Crippen LogP contribution in [-0.2, 0) is 12.7 Å². The molecule has 1 aromatic carbocycles. The van der Waals surface area contributed by atoms with Gasteiger partial charge in [0, 0.05) is 12.1 Å². The number of hydrogen-bond acceptors (Lipinski definition) is 3. The second kappa shape index (κ2) is 5.91. The van der Waals surface area contributed by atoms with Gasteiger partial charge in [-0.25, -0.2) is 4.98 Å². The number of aromatic nitrogens is 1. The Labute approximate surface area is 124 Å². The van der Waals surface area contributed by atoms with Crippen molar-refractivity contribution < 1.29 is 17.9 Å². The molecule has 2 aromatic rings. The highest BCUT2D eigenvalue weighted by Gasteiger charge is 2.33. The van der Waals surface area contributed by atoms with Gasteiger partial charge in [-0.05, 0) is 30.7 Å². The Hall–Kier alpha value is -1.79. The first-order valence-electron chi connectivity index (χ1n) is 6.02. The van der Waals surface area contributed by atoms with Crippen LogP contribution in [0.25, 0.3) is 0 Å². The summed E-state index contributed by atoms with van der Waals surface area (Å²) in [6.07, 6.45) is -4.55. The van der Waals surface area contributed by atoms with Gasteiger partial charge in [0.1, 0.15) is 11.4 Å². The molecule has 1 aromatic heterocycles. The molecule has 0 atom stereocenters. The van der Waals surface area contributed by atoms with Crippen molar-refractivity contribution in [2.75, 3.05) is 0 Å². The molecule has 0 unspecified atom stereocenters. The zero-order valence-electron chi connectivity index (χ0n) is 11.0. The van der Waals surface area contributed by atoms with E-state index < -0.39 is 11.9 Å². The molecule has 7 heteroatoms. The van der Waals surface area contributed by atoms with Crippen LogP contribution in [0, 0.1) is 6.92 Å². The molecule has 2 N–H and O–H groups in total. The van der Waals surface area contributed by atoms with Crippen molar-refractivity contribution in [2.24, 2.45) is 5.73 Å². The third kappa shape index (κ3) is 3.65. The van der Waals surface area contributed by atoms with E-state index in [2.05, 4.69) is 4.98 Å². The third-order valence-electron chi connectivity index (χ3n) is 2.74. The average Bonchev–Trinajstić information content (AvgIpc) is 2.42. The standard InChI is InChI=1S/C14H12ClF3N2O/c1-8-2-4-10(15)11(6-8)21-13-9(7-19)3-5-12(20-13)14(16,17)18/h2-6H,7,19H2,1H3. The minimum Gasteiger partial charge on any atom is -0.437 e. The van der Waals surface area contributed by atoms with E-state index in [0.717, 1.165) is 11.6 Å². The minimum atomic E-state index is -4.55. The molecule has 0 radical (unpaired) electrons. The molecule has 0 aliphatic carbocycles. The number of alkyl halides is 3. The van der Waals surface area contributed by atoms with Crippen LogP contribution in [0.15, 0.2) is 30.3 Å². The maximum absolute atomic E-state index is 12.7. The van der Waals surface area contributed by atoms with Gasteiger partial charge in [-0.15, -0.1) is 0 Å². The van der Waals surface area contributed by atoms with Crippen molar-refractivity contribution in [1.82, 2.24) is 4.98 Å². The summed E-state index contributed by atoms with van der Waals surface area (Å²) in [5.74, 6) is 0.0398. The highest BCUT2D eigenvalue weighted by Crippen LogP contribution is 2.34. The highest BCUT2D eigenvalue weighted by atomic mass is 35.5. The number of pyridine rings is 1. The molecule has 0 saturated carbocycles. The number of rotatable bonds is 3. The molecule has 21 heavy (non-hydrogen) atoms. The lowest BCUT2D eigenvalue weighted by Gasteiger charge is -2.13. The quantitative estimate of drug-likeness (QED) is 0.917. The largest absolute Gasteiger partial charge is 0.437 e. The summed E-state index contributed by atoms with van der Waals surface area (Å²) in [6, 6.07) is 7.09. The molecule has 112 valence electrons. The Morgan fingerprint density at radius 1 is 1.24 bits per heavy atom. The fourth-order valence-electron chi connectivity index (χ4n) is 1.66. The van der Waals surface area contributed by atoms with Crippen molar-refractivity contribution in [3.63, 3.8) is 0 Å². The topological polar surface area (TPSA) is 48.1 Å². The van der Waals surface area contributed by atoms with Crippen LogP contribution in [0.2, 0.25) is 5.02 Å². The second-order valence-electron chi connectivity index (χ2n) is 4.40. The first kappa shape index (κ1) is 15.6. The van der Waals surface area contributed by atoms with Crippen LogP contribution >= 0.6 is 11.6 Å². The summed E-state index contributed by atoms with van der Waals surface area (Å²) in [5, 5.41) is 0.280. The lowest BCUT2D eigenvalue weighted by atomic mass is 10.2. The molecule has 0 fully saturated rings. The van der Waals surface area contributed by atoms with Crippen molar-refractivity contribution in [2.45, 2.75) is 19.6 Å². The van der Waals surface area contributed by atoms with Gasteiger partial charge in [-0.2, -0.15) is 13.2 Å². The monoisotopic (exact) mass is 316 g/mol. The van der Waals surface area contributed by atoms with Gasteiger partial charge in [-0.3, -0.25) is 0 Å². The van der Waals surface area contributed by atoms with E-state index in [4.69, 9.17) is 22.1 Å². The minimum absolute atomic E-state index is 0.00387. The Bertz CT molecular complexity index is 659. The molecule has 3 nitrogen and oxygen atoms in total. The molecule has 0 aliphatic rings. The zero-order chi connectivity index (χ0) is 15.6. The van der Waals surface area contributed by atoms with Crippen LogP contribution in [0.1, 0.15) is 16.8 Å². The van der Waals surface area contributed by atoms with E-state index in [0.29, 0.717) is 5.56 Å². The molecule has 0 amide bonds. The predicted molar refractivity (Wildman–Crippen MR) is 73.4 cm³/mol. The van der Waals surface area contributed by atoms with Crippen LogP contribution in [0.3, 0.4) is 0 Å². The zero-order valence-corrected chi connectivity index (χ0v) is 11.8. The summed E-state index contributed by atoms with van der Waals surface area (Å²) < 4.78 is 43.6.